The van der Waals surface area contributed by atoms with Crippen molar-refractivity contribution in [1.82, 2.24) is 0 Å². The lowest BCUT2D eigenvalue weighted by Gasteiger charge is -2.06. The Morgan fingerprint density at radius 2 is 2.27 bits per heavy atom. The molecule has 5 heteroatoms. The first-order valence-electron chi connectivity index (χ1n) is 4.23. The molecule has 0 saturated heterocycles. The van der Waals surface area contributed by atoms with Crippen LogP contribution in [-0.4, -0.2) is 24.0 Å². The predicted octanol–water partition coefficient (Wildman–Crippen LogP) is 1.49. The number of aliphatic carboxylic acids is 1. The Hall–Kier alpha value is -1.91. The molecule has 0 heterocycles. The molecule has 1 aromatic carbocycles. The molecule has 0 bridgehead atoms. The molecule has 0 spiro atoms. The summed E-state index contributed by atoms with van der Waals surface area (Å²) in [6.07, 6.45) is 0.287. The molecule has 80 valence electrons. The van der Waals surface area contributed by atoms with Crippen LogP contribution in [0.15, 0.2) is 18.2 Å². The summed E-state index contributed by atoms with van der Waals surface area (Å²) in [4.78, 5) is 20.7. The van der Waals surface area contributed by atoms with Gasteiger partial charge in [-0.15, -0.1) is 0 Å². The van der Waals surface area contributed by atoms with Crippen molar-refractivity contribution in [2.45, 2.75) is 6.42 Å². The van der Waals surface area contributed by atoms with Gasteiger partial charge >= 0.3 is 5.97 Å². The van der Waals surface area contributed by atoms with Gasteiger partial charge in [0.25, 0.3) is 0 Å². The van der Waals surface area contributed by atoms with Gasteiger partial charge in [0.2, 0.25) is 0 Å². The molecule has 0 amide bonds. The molecule has 0 aliphatic carbocycles. The van der Waals surface area contributed by atoms with Gasteiger partial charge in [0.15, 0.2) is 6.29 Å². The van der Waals surface area contributed by atoms with E-state index in [1.165, 1.54) is 6.07 Å². The van der Waals surface area contributed by atoms with E-state index in [1.54, 1.807) is 0 Å². The Labute approximate surface area is 85.3 Å². The fourth-order valence-electron chi connectivity index (χ4n) is 0.991. The van der Waals surface area contributed by atoms with E-state index in [1.807, 2.05) is 0 Å². The first-order chi connectivity index (χ1) is 7.13. The molecule has 15 heavy (non-hydrogen) atoms. The summed E-state index contributed by atoms with van der Waals surface area (Å²) < 4.78 is 17.7. The molecular formula is C10H9FO4. The molecule has 0 aliphatic rings. The van der Waals surface area contributed by atoms with E-state index >= 15 is 0 Å². The van der Waals surface area contributed by atoms with Crippen molar-refractivity contribution in [3.05, 3.63) is 29.6 Å². The van der Waals surface area contributed by atoms with Crippen LogP contribution in [0.4, 0.5) is 4.39 Å². The number of carbonyl (C=O) groups excluding carboxylic acids is 1. The molecule has 0 saturated carbocycles. The minimum atomic E-state index is -0.996. The fourth-order valence-corrected chi connectivity index (χ4v) is 0.991. The summed E-state index contributed by atoms with van der Waals surface area (Å²) in [7, 11) is 0. The van der Waals surface area contributed by atoms with Crippen molar-refractivity contribution in [3.63, 3.8) is 0 Å². The molecular weight excluding hydrogens is 203 g/mol. The highest BCUT2D eigenvalue weighted by atomic mass is 19.1. The summed E-state index contributed by atoms with van der Waals surface area (Å²) in [6.45, 7) is -0.0538. The Morgan fingerprint density at radius 1 is 1.53 bits per heavy atom. The second-order valence-corrected chi connectivity index (χ2v) is 2.79. The van der Waals surface area contributed by atoms with Gasteiger partial charge in [0, 0.05) is 0 Å². The summed E-state index contributed by atoms with van der Waals surface area (Å²) in [5.74, 6) is -1.35. The number of carbonyl (C=O) groups is 2. The smallest absolute Gasteiger partial charge is 0.306 e. The first-order valence-corrected chi connectivity index (χ1v) is 4.23. The monoisotopic (exact) mass is 212 g/mol. The van der Waals surface area contributed by atoms with E-state index in [4.69, 9.17) is 9.84 Å². The largest absolute Gasteiger partial charge is 0.492 e. The van der Waals surface area contributed by atoms with Gasteiger partial charge in [0.1, 0.15) is 11.6 Å². The highest BCUT2D eigenvalue weighted by molar-refractivity contribution is 5.79. The number of aldehydes is 1. The van der Waals surface area contributed by atoms with Crippen molar-refractivity contribution >= 4 is 12.3 Å². The van der Waals surface area contributed by atoms with Crippen LogP contribution < -0.4 is 4.74 Å². The third kappa shape index (κ3) is 3.38. The second kappa shape index (κ2) is 5.09. The van der Waals surface area contributed by atoms with Gasteiger partial charge in [-0.2, -0.15) is 0 Å². The first kappa shape index (κ1) is 11.2. The van der Waals surface area contributed by atoms with Crippen molar-refractivity contribution < 1.29 is 23.8 Å². The quantitative estimate of drug-likeness (QED) is 0.751. The number of benzene rings is 1. The Balaban J connectivity index is 2.67. The molecule has 1 N–H and O–H groups in total. The van der Waals surface area contributed by atoms with Crippen LogP contribution >= 0.6 is 0 Å². The molecule has 1 rings (SSSR count). The van der Waals surface area contributed by atoms with E-state index in [-0.39, 0.29) is 24.3 Å². The van der Waals surface area contributed by atoms with E-state index in [0.29, 0.717) is 6.29 Å². The number of rotatable bonds is 5. The third-order valence-electron chi connectivity index (χ3n) is 1.67. The van der Waals surface area contributed by atoms with Crippen molar-refractivity contribution in [1.29, 1.82) is 0 Å². The van der Waals surface area contributed by atoms with Crippen molar-refractivity contribution in [2.75, 3.05) is 6.61 Å². The zero-order chi connectivity index (χ0) is 11.3. The lowest BCUT2D eigenvalue weighted by molar-refractivity contribution is -0.137. The molecule has 0 atom stereocenters. The average molecular weight is 212 g/mol. The van der Waals surface area contributed by atoms with E-state index in [2.05, 4.69) is 0 Å². The SMILES string of the molecule is O=Cc1cc(F)ccc1OCCC(=O)O. The van der Waals surface area contributed by atoms with Gasteiger partial charge < -0.3 is 9.84 Å². The van der Waals surface area contributed by atoms with Crippen LogP contribution in [0, 0.1) is 5.82 Å². The molecule has 0 radical (unpaired) electrons. The van der Waals surface area contributed by atoms with E-state index in [0.717, 1.165) is 12.1 Å². The van der Waals surface area contributed by atoms with Gasteiger partial charge in [-0.1, -0.05) is 0 Å². The number of hydrogen-bond acceptors (Lipinski definition) is 3. The summed E-state index contributed by atoms with van der Waals surface area (Å²) in [5.41, 5.74) is 0.0698. The Bertz CT molecular complexity index is 376. The zero-order valence-electron chi connectivity index (χ0n) is 7.77. The van der Waals surface area contributed by atoms with Crippen LogP contribution in [0.2, 0.25) is 0 Å². The summed E-state index contributed by atoms with van der Waals surface area (Å²) >= 11 is 0. The Morgan fingerprint density at radius 3 is 2.87 bits per heavy atom. The van der Waals surface area contributed by atoms with Gasteiger partial charge in [-0.25, -0.2) is 4.39 Å². The summed E-state index contributed by atoms with van der Waals surface area (Å²) in [5, 5.41) is 8.35. The van der Waals surface area contributed by atoms with Crippen molar-refractivity contribution in [2.24, 2.45) is 0 Å². The normalized spacial score (nSPS) is 9.67. The van der Waals surface area contributed by atoms with Gasteiger partial charge in [-0.3, -0.25) is 9.59 Å². The number of ether oxygens (including phenoxy) is 1. The fraction of sp³-hybridized carbons (Fsp3) is 0.200. The lowest BCUT2D eigenvalue weighted by Crippen LogP contribution is -2.06. The number of hydrogen-bond donors (Lipinski definition) is 1. The lowest BCUT2D eigenvalue weighted by atomic mass is 10.2. The predicted molar refractivity (Wildman–Crippen MR) is 49.5 cm³/mol. The van der Waals surface area contributed by atoms with E-state index in [9.17, 15) is 14.0 Å². The number of halogens is 1. The molecule has 0 aliphatic heterocycles. The minimum Gasteiger partial charge on any atom is -0.492 e. The van der Waals surface area contributed by atoms with Crippen LogP contribution in [0.3, 0.4) is 0 Å². The third-order valence-corrected chi connectivity index (χ3v) is 1.67. The highest BCUT2D eigenvalue weighted by Crippen LogP contribution is 2.17. The van der Waals surface area contributed by atoms with Crippen LogP contribution in [-0.2, 0) is 4.79 Å². The topological polar surface area (TPSA) is 63.6 Å². The molecule has 0 unspecified atom stereocenters. The van der Waals surface area contributed by atoms with Crippen molar-refractivity contribution in [3.8, 4) is 5.75 Å². The maximum absolute atomic E-state index is 12.7. The summed E-state index contributed by atoms with van der Waals surface area (Å²) in [6, 6.07) is 3.47. The van der Waals surface area contributed by atoms with Crippen LogP contribution in [0.25, 0.3) is 0 Å². The maximum Gasteiger partial charge on any atom is 0.306 e. The molecule has 0 fully saturated rings. The zero-order valence-corrected chi connectivity index (χ0v) is 7.77. The van der Waals surface area contributed by atoms with Crippen LogP contribution in [0.5, 0.6) is 5.75 Å². The number of carboxylic acid groups (broad SMARTS) is 1. The minimum absolute atomic E-state index is 0.0538. The molecule has 0 aromatic heterocycles. The van der Waals surface area contributed by atoms with E-state index < -0.39 is 11.8 Å². The molecule has 4 nitrogen and oxygen atoms in total. The second-order valence-electron chi connectivity index (χ2n) is 2.79. The standard InChI is InChI=1S/C10H9FO4/c11-8-1-2-9(7(5-8)6-12)15-4-3-10(13)14/h1-2,5-6H,3-4H2,(H,13,14). The van der Waals surface area contributed by atoms with Gasteiger partial charge in [0.05, 0.1) is 18.6 Å². The molecule has 1 aromatic rings. The van der Waals surface area contributed by atoms with Crippen LogP contribution in [0.1, 0.15) is 16.8 Å². The van der Waals surface area contributed by atoms with Gasteiger partial charge in [-0.05, 0) is 18.2 Å². The maximum atomic E-state index is 12.7. The average Bonchev–Trinajstić information content (AvgIpc) is 2.19. The Kier molecular flexibility index (Phi) is 3.79. The number of carboxylic acids is 1. The highest BCUT2D eigenvalue weighted by Gasteiger charge is 2.05.